The third-order valence-electron chi connectivity index (χ3n) is 5.57. The Labute approximate surface area is 176 Å². The molecule has 1 aromatic heterocycles. The van der Waals surface area contributed by atoms with Crippen LogP contribution in [0.5, 0.6) is 0 Å². The molecule has 0 saturated carbocycles. The molecule has 1 amide bonds. The highest BCUT2D eigenvalue weighted by Crippen LogP contribution is 2.30. The lowest BCUT2D eigenvalue weighted by Crippen LogP contribution is -2.36. The van der Waals surface area contributed by atoms with Crippen LogP contribution in [0.2, 0.25) is 0 Å². The number of aromatic nitrogens is 1. The van der Waals surface area contributed by atoms with Gasteiger partial charge in [-0.25, -0.2) is 4.79 Å². The lowest BCUT2D eigenvalue weighted by Gasteiger charge is -2.15. The molecule has 1 atom stereocenters. The van der Waals surface area contributed by atoms with Gasteiger partial charge in [-0.1, -0.05) is 48.5 Å². The number of nitrogens with one attached hydrogen (secondary N) is 1. The van der Waals surface area contributed by atoms with Gasteiger partial charge in [-0.2, -0.15) is 0 Å². The third-order valence-corrected chi connectivity index (χ3v) is 5.57. The van der Waals surface area contributed by atoms with Crippen LogP contribution in [0.3, 0.4) is 0 Å². The number of fused-ring (bicyclic) bond motifs is 2. The van der Waals surface area contributed by atoms with Crippen LogP contribution in [-0.4, -0.2) is 29.5 Å². The van der Waals surface area contributed by atoms with Crippen LogP contribution in [0.25, 0.3) is 10.9 Å². The van der Waals surface area contributed by atoms with E-state index in [1.165, 1.54) is 5.56 Å². The number of hydrogen-bond acceptors (Lipinski definition) is 4. The van der Waals surface area contributed by atoms with Crippen LogP contribution in [-0.2, 0) is 28.8 Å². The summed E-state index contributed by atoms with van der Waals surface area (Å²) in [6, 6.07) is 17.8. The molecule has 2 aromatic carbocycles. The first-order chi connectivity index (χ1) is 14.6. The summed E-state index contributed by atoms with van der Waals surface area (Å²) >= 11 is 0. The summed E-state index contributed by atoms with van der Waals surface area (Å²) in [5, 5.41) is 3.71. The van der Waals surface area contributed by atoms with Crippen molar-refractivity contribution in [3.8, 4) is 0 Å². The number of nitrogens with zero attached hydrogens (tertiary/aromatic N) is 1. The summed E-state index contributed by atoms with van der Waals surface area (Å²) in [5.74, 6) is -0.724. The van der Waals surface area contributed by atoms with E-state index in [2.05, 4.69) is 17.4 Å². The molecule has 0 fully saturated rings. The molecule has 5 heteroatoms. The fraction of sp³-hybridized carbons (Fsp3) is 0.320. The van der Waals surface area contributed by atoms with Crippen LogP contribution < -0.4 is 5.32 Å². The van der Waals surface area contributed by atoms with E-state index < -0.39 is 5.97 Å². The van der Waals surface area contributed by atoms with Crippen molar-refractivity contribution < 1.29 is 14.3 Å². The van der Waals surface area contributed by atoms with Crippen LogP contribution >= 0.6 is 0 Å². The third kappa shape index (κ3) is 4.51. The number of ether oxygens (including phenoxy) is 1. The molecule has 1 unspecified atom stereocenters. The van der Waals surface area contributed by atoms with E-state index in [1.807, 2.05) is 49.4 Å². The molecular weight excluding hydrogens is 376 g/mol. The van der Waals surface area contributed by atoms with Gasteiger partial charge in [-0.3, -0.25) is 9.78 Å². The molecular formula is C25H26N2O3. The average Bonchev–Trinajstić information content (AvgIpc) is 3.23. The number of pyridine rings is 1. The molecule has 0 saturated heterocycles. The fourth-order valence-electron chi connectivity index (χ4n) is 4.06. The predicted octanol–water partition coefficient (Wildman–Crippen LogP) is 4.02. The molecule has 4 rings (SSSR count). The molecule has 154 valence electrons. The first kappa shape index (κ1) is 20.1. The minimum absolute atomic E-state index is 0.00223. The monoisotopic (exact) mass is 402 g/mol. The van der Waals surface area contributed by atoms with Gasteiger partial charge in [-0.05, 0) is 56.2 Å². The van der Waals surface area contributed by atoms with Crippen LogP contribution in [0, 0.1) is 0 Å². The highest BCUT2D eigenvalue weighted by molar-refractivity contribution is 6.05. The van der Waals surface area contributed by atoms with Gasteiger partial charge in [0.2, 0.25) is 0 Å². The van der Waals surface area contributed by atoms with Gasteiger partial charge in [0.25, 0.3) is 5.91 Å². The summed E-state index contributed by atoms with van der Waals surface area (Å²) in [4.78, 5) is 29.9. The second kappa shape index (κ2) is 9.08. The number of aryl methyl sites for hydroxylation is 2. The molecule has 1 aliphatic carbocycles. The Bertz CT molecular complexity index is 1060. The van der Waals surface area contributed by atoms with Crippen molar-refractivity contribution in [1.82, 2.24) is 10.3 Å². The molecule has 30 heavy (non-hydrogen) atoms. The highest BCUT2D eigenvalue weighted by Gasteiger charge is 2.25. The minimum Gasteiger partial charge on any atom is -0.452 e. The van der Waals surface area contributed by atoms with Crippen molar-refractivity contribution in [2.24, 2.45) is 0 Å². The molecule has 1 heterocycles. The van der Waals surface area contributed by atoms with E-state index in [0.717, 1.165) is 54.3 Å². The van der Waals surface area contributed by atoms with Crippen molar-refractivity contribution >= 4 is 22.8 Å². The topological polar surface area (TPSA) is 68.3 Å². The zero-order valence-electron chi connectivity index (χ0n) is 17.2. The molecule has 0 aliphatic heterocycles. The maximum absolute atomic E-state index is 12.9. The van der Waals surface area contributed by atoms with Crippen LogP contribution in [0.4, 0.5) is 0 Å². The van der Waals surface area contributed by atoms with E-state index >= 15 is 0 Å². The number of para-hydroxylation sites is 1. The molecule has 0 spiro atoms. The van der Waals surface area contributed by atoms with E-state index in [0.29, 0.717) is 5.56 Å². The maximum atomic E-state index is 12.9. The Morgan fingerprint density at radius 3 is 2.67 bits per heavy atom. The molecule has 1 aliphatic rings. The van der Waals surface area contributed by atoms with Gasteiger partial charge in [0.1, 0.15) is 0 Å². The van der Waals surface area contributed by atoms with Crippen molar-refractivity contribution in [2.75, 3.05) is 6.61 Å². The van der Waals surface area contributed by atoms with Crippen molar-refractivity contribution in [1.29, 1.82) is 0 Å². The van der Waals surface area contributed by atoms with E-state index in [1.54, 1.807) is 0 Å². The Hall–Kier alpha value is -3.21. The standard InChI is InChI=1S/C25H26N2O3/c1-17(14-15-18-8-3-2-4-9-18)26-23(28)16-30-25(29)24-19-10-5-6-12-21(19)27-22-13-7-11-20(22)24/h2-6,8-10,12,17H,7,11,13-16H2,1H3,(H,26,28). The van der Waals surface area contributed by atoms with Crippen LogP contribution in [0.15, 0.2) is 54.6 Å². The zero-order chi connectivity index (χ0) is 20.9. The van der Waals surface area contributed by atoms with Gasteiger partial charge in [-0.15, -0.1) is 0 Å². The highest BCUT2D eigenvalue weighted by atomic mass is 16.5. The SMILES string of the molecule is CC(CCc1ccccc1)NC(=O)COC(=O)c1c2c(nc3ccccc13)CCC2. The second-order valence-corrected chi connectivity index (χ2v) is 7.85. The summed E-state index contributed by atoms with van der Waals surface area (Å²) < 4.78 is 5.41. The number of carbonyl (C=O) groups excluding carboxylic acids is 2. The van der Waals surface area contributed by atoms with E-state index in [4.69, 9.17) is 9.72 Å². The Morgan fingerprint density at radius 2 is 1.83 bits per heavy atom. The summed E-state index contributed by atoms with van der Waals surface area (Å²) in [6.07, 6.45) is 4.39. The average molecular weight is 402 g/mol. The van der Waals surface area contributed by atoms with Gasteiger partial charge in [0.15, 0.2) is 6.61 Å². The number of amides is 1. The summed E-state index contributed by atoms with van der Waals surface area (Å²) in [6.45, 7) is 1.69. The van der Waals surface area contributed by atoms with E-state index in [9.17, 15) is 9.59 Å². The largest absolute Gasteiger partial charge is 0.452 e. The lowest BCUT2D eigenvalue weighted by atomic mass is 10.0. The minimum atomic E-state index is -0.446. The second-order valence-electron chi connectivity index (χ2n) is 7.85. The molecule has 0 radical (unpaired) electrons. The summed E-state index contributed by atoms with van der Waals surface area (Å²) in [5.41, 5.74) is 4.54. The Kier molecular flexibility index (Phi) is 6.07. The molecule has 0 bridgehead atoms. The van der Waals surface area contributed by atoms with Crippen molar-refractivity contribution in [3.05, 3.63) is 77.0 Å². The maximum Gasteiger partial charge on any atom is 0.339 e. The Morgan fingerprint density at radius 1 is 1.07 bits per heavy atom. The smallest absolute Gasteiger partial charge is 0.339 e. The van der Waals surface area contributed by atoms with E-state index in [-0.39, 0.29) is 18.6 Å². The lowest BCUT2D eigenvalue weighted by molar-refractivity contribution is -0.124. The zero-order valence-corrected chi connectivity index (χ0v) is 17.2. The van der Waals surface area contributed by atoms with Crippen molar-refractivity contribution in [2.45, 2.75) is 45.1 Å². The normalized spacial score (nSPS) is 13.6. The first-order valence-corrected chi connectivity index (χ1v) is 10.5. The van der Waals surface area contributed by atoms with Crippen molar-refractivity contribution in [3.63, 3.8) is 0 Å². The predicted molar refractivity (Wildman–Crippen MR) is 116 cm³/mol. The number of benzene rings is 2. The fourth-order valence-corrected chi connectivity index (χ4v) is 4.06. The number of hydrogen-bond donors (Lipinski definition) is 1. The quantitative estimate of drug-likeness (QED) is 0.606. The number of carbonyl (C=O) groups is 2. The molecule has 5 nitrogen and oxygen atoms in total. The molecule has 3 aromatic rings. The molecule has 1 N–H and O–H groups in total. The Balaban J connectivity index is 1.36. The van der Waals surface area contributed by atoms with Gasteiger partial charge in [0.05, 0.1) is 11.1 Å². The first-order valence-electron chi connectivity index (χ1n) is 10.5. The van der Waals surface area contributed by atoms with Gasteiger partial charge >= 0.3 is 5.97 Å². The van der Waals surface area contributed by atoms with Gasteiger partial charge in [0, 0.05) is 17.1 Å². The number of esters is 1. The number of rotatable bonds is 7. The van der Waals surface area contributed by atoms with Gasteiger partial charge < -0.3 is 10.1 Å². The van der Waals surface area contributed by atoms with Crippen LogP contribution in [0.1, 0.15) is 46.9 Å². The summed E-state index contributed by atoms with van der Waals surface area (Å²) in [7, 11) is 0.